The van der Waals surface area contributed by atoms with E-state index in [1.807, 2.05) is 24.7 Å². The van der Waals surface area contributed by atoms with Crippen molar-refractivity contribution in [2.45, 2.75) is 44.6 Å². The van der Waals surface area contributed by atoms with Crippen LogP contribution in [0.1, 0.15) is 37.7 Å². The first kappa shape index (κ1) is 19.7. The molecule has 2 aliphatic rings. The monoisotopic (exact) mass is 371 g/mol. The number of aromatic nitrogens is 2. The number of pyridine rings is 2. The van der Waals surface area contributed by atoms with Gasteiger partial charge in [-0.2, -0.15) is 0 Å². The molecule has 0 saturated carbocycles. The first-order valence-corrected chi connectivity index (χ1v) is 9.89. The Bertz CT molecular complexity index is 713. The zero-order valence-corrected chi connectivity index (χ0v) is 15.8. The fraction of sp³-hybridized carbons (Fsp3) is 0.571. The van der Waals surface area contributed by atoms with Crippen molar-refractivity contribution in [3.63, 3.8) is 0 Å². The van der Waals surface area contributed by atoms with Crippen molar-refractivity contribution in [1.29, 1.82) is 0 Å². The predicted molar refractivity (Wildman–Crippen MR) is 105 cm³/mol. The van der Waals surface area contributed by atoms with Gasteiger partial charge >= 0.3 is 0 Å². The van der Waals surface area contributed by atoms with Crippen molar-refractivity contribution in [1.82, 2.24) is 14.9 Å². The Morgan fingerprint density at radius 3 is 2.78 bits per heavy atom. The maximum absolute atomic E-state index is 8.36. The first-order valence-electron chi connectivity index (χ1n) is 9.89. The average Bonchev–Trinajstić information content (AvgIpc) is 2.95. The van der Waals surface area contributed by atoms with Crippen LogP contribution in [0.25, 0.3) is 10.9 Å². The Hall–Kier alpha value is -2.05. The van der Waals surface area contributed by atoms with E-state index in [9.17, 15) is 0 Å². The molecule has 2 aromatic heterocycles. The Morgan fingerprint density at radius 2 is 1.96 bits per heavy atom. The zero-order valence-electron chi connectivity index (χ0n) is 15.8. The fourth-order valence-corrected chi connectivity index (χ4v) is 4.34. The van der Waals surface area contributed by atoms with Gasteiger partial charge in [0, 0.05) is 43.2 Å². The molecule has 0 amide bonds. The minimum atomic E-state index is -0.250. The molecule has 2 fully saturated rings. The molecule has 6 nitrogen and oxygen atoms in total. The molecule has 1 atom stereocenters. The number of hydrogen-bond acceptors (Lipinski definition) is 5. The molecule has 0 aliphatic carbocycles. The van der Waals surface area contributed by atoms with Crippen LogP contribution in [0.4, 0.5) is 0 Å². The average molecular weight is 371 g/mol. The van der Waals surface area contributed by atoms with E-state index in [4.69, 9.17) is 14.6 Å². The lowest BCUT2D eigenvalue weighted by Crippen LogP contribution is -2.40. The van der Waals surface area contributed by atoms with Crippen molar-refractivity contribution in [3.05, 3.63) is 36.3 Å². The summed E-state index contributed by atoms with van der Waals surface area (Å²) in [5.74, 6) is 0.778. The van der Waals surface area contributed by atoms with Gasteiger partial charge in [0.05, 0.1) is 5.52 Å². The summed E-state index contributed by atoms with van der Waals surface area (Å²) in [5, 5.41) is 8.12. The van der Waals surface area contributed by atoms with Gasteiger partial charge in [0.15, 0.2) is 0 Å². The van der Waals surface area contributed by atoms with E-state index in [1.54, 1.807) is 0 Å². The fourth-order valence-electron chi connectivity index (χ4n) is 4.34. The van der Waals surface area contributed by atoms with E-state index in [-0.39, 0.29) is 6.47 Å². The SMILES string of the molecule is O=CO.c1cc2nccc(CC3CCCN(C4CCOCC4)CC3)c2cn1. The molecule has 0 radical (unpaired) electrons. The van der Waals surface area contributed by atoms with Crippen LogP contribution in [0.15, 0.2) is 30.7 Å². The predicted octanol–water partition coefficient (Wildman–Crippen LogP) is 3.15. The van der Waals surface area contributed by atoms with Crippen LogP contribution >= 0.6 is 0 Å². The van der Waals surface area contributed by atoms with Gasteiger partial charge in [-0.3, -0.25) is 14.8 Å². The normalized spacial score (nSPS) is 21.9. The van der Waals surface area contributed by atoms with Crippen LogP contribution in [-0.2, 0) is 16.0 Å². The molecule has 1 unspecified atom stereocenters. The summed E-state index contributed by atoms with van der Waals surface area (Å²) in [6.07, 6.45) is 13.3. The lowest BCUT2D eigenvalue weighted by molar-refractivity contribution is -0.122. The van der Waals surface area contributed by atoms with Crippen LogP contribution in [0.2, 0.25) is 0 Å². The van der Waals surface area contributed by atoms with Gasteiger partial charge in [0.25, 0.3) is 6.47 Å². The van der Waals surface area contributed by atoms with Gasteiger partial charge in [-0.25, -0.2) is 0 Å². The van der Waals surface area contributed by atoms with Crippen LogP contribution in [0.3, 0.4) is 0 Å². The lowest BCUT2D eigenvalue weighted by Gasteiger charge is -2.33. The lowest BCUT2D eigenvalue weighted by atomic mass is 9.91. The van der Waals surface area contributed by atoms with Crippen LogP contribution in [-0.4, -0.2) is 58.8 Å². The summed E-state index contributed by atoms with van der Waals surface area (Å²) in [5.41, 5.74) is 2.48. The number of fused-ring (bicyclic) bond motifs is 1. The minimum absolute atomic E-state index is 0.250. The maximum atomic E-state index is 8.36. The van der Waals surface area contributed by atoms with Crippen molar-refractivity contribution >= 4 is 17.4 Å². The summed E-state index contributed by atoms with van der Waals surface area (Å²) < 4.78 is 5.52. The van der Waals surface area contributed by atoms with Crippen LogP contribution < -0.4 is 0 Å². The molecule has 0 aromatic carbocycles. The second kappa shape index (κ2) is 10.3. The topological polar surface area (TPSA) is 75.5 Å². The number of hydrogen-bond donors (Lipinski definition) is 1. The Kier molecular flexibility index (Phi) is 7.54. The Morgan fingerprint density at radius 1 is 1.15 bits per heavy atom. The largest absolute Gasteiger partial charge is 0.483 e. The van der Waals surface area contributed by atoms with Gasteiger partial charge in [0.1, 0.15) is 0 Å². The molecule has 27 heavy (non-hydrogen) atoms. The highest BCUT2D eigenvalue weighted by Gasteiger charge is 2.25. The molecule has 6 heteroatoms. The number of carbonyl (C=O) groups is 1. The zero-order chi connectivity index (χ0) is 18.9. The van der Waals surface area contributed by atoms with Crippen molar-refractivity contribution in [2.24, 2.45) is 5.92 Å². The molecular formula is C21H29N3O3. The maximum Gasteiger partial charge on any atom is 0.290 e. The number of ether oxygens (including phenoxy) is 1. The molecule has 0 spiro atoms. The number of carboxylic acid groups (broad SMARTS) is 1. The quantitative estimate of drug-likeness (QED) is 0.836. The Balaban J connectivity index is 0.000000659. The van der Waals surface area contributed by atoms with Crippen molar-refractivity contribution in [2.75, 3.05) is 26.3 Å². The Labute approximate surface area is 160 Å². The second-order valence-electron chi connectivity index (χ2n) is 7.35. The molecule has 2 saturated heterocycles. The third kappa shape index (κ3) is 5.47. The van der Waals surface area contributed by atoms with Gasteiger partial charge in [-0.15, -0.1) is 0 Å². The second-order valence-corrected chi connectivity index (χ2v) is 7.35. The standard InChI is InChI=1S/C20H27N3O.CH2O2/c1-2-16(5-11-23(10-1)18-6-12-24-13-7-18)14-17-3-9-22-20-4-8-21-15-19(17)20;2-1-3/h3-4,8-9,15-16,18H,1-2,5-7,10-14H2;1H,(H,2,3). The highest BCUT2D eigenvalue weighted by Crippen LogP contribution is 2.27. The summed E-state index contributed by atoms with van der Waals surface area (Å²) in [4.78, 5) is 19.9. The van der Waals surface area contributed by atoms with E-state index in [0.717, 1.165) is 37.1 Å². The molecule has 2 aromatic rings. The number of nitrogens with zero attached hydrogens (tertiary/aromatic N) is 3. The van der Waals surface area contributed by atoms with E-state index in [1.165, 1.54) is 56.1 Å². The summed E-state index contributed by atoms with van der Waals surface area (Å²) in [7, 11) is 0. The van der Waals surface area contributed by atoms with Crippen LogP contribution in [0.5, 0.6) is 0 Å². The number of likely N-dealkylation sites (tertiary alicyclic amines) is 1. The van der Waals surface area contributed by atoms with E-state index < -0.39 is 0 Å². The molecule has 2 aliphatic heterocycles. The highest BCUT2D eigenvalue weighted by molar-refractivity contribution is 5.80. The van der Waals surface area contributed by atoms with Gasteiger partial charge < -0.3 is 14.7 Å². The number of rotatable bonds is 3. The van der Waals surface area contributed by atoms with E-state index >= 15 is 0 Å². The summed E-state index contributed by atoms with van der Waals surface area (Å²) >= 11 is 0. The minimum Gasteiger partial charge on any atom is -0.483 e. The third-order valence-corrected chi connectivity index (χ3v) is 5.73. The van der Waals surface area contributed by atoms with Gasteiger partial charge in [-0.1, -0.05) is 0 Å². The highest BCUT2D eigenvalue weighted by atomic mass is 16.5. The molecule has 4 heterocycles. The molecule has 146 valence electrons. The van der Waals surface area contributed by atoms with Crippen LogP contribution in [0, 0.1) is 5.92 Å². The summed E-state index contributed by atoms with van der Waals surface area (Å²) in [6, 6.07) is 4.95. The summed E-state index contributed by atoms with van der Waals surface area (Å²) in [6.45, 7) is 4.15. The molecule has 4 rings (SSSR count). The molecular weight excluding hydrogens is 342 g/mol. The van der Waals surface area contributed by atoms with E-state index in [0.29, 0.717) is 0 Å². The smallest absolute Gasteiger partial charge is 0.290 e. The van der Waals surface area contributed by atoms with Crippen molar-refractivity contribution < 1.29 is 14.6 Å². The molecule has 0 bridgehead atoms. The van der Waals surface area contributed by atoms with Crippen molar-refractivity contribution in [3.8, 4) is 0 Å². The first-order chi connectivity index (χ1) is 13.3. The van der Waals surface area contributed by atoms with E-state index in [2.05, 4.69) is 20.9 Å². The van der Waals surface area contributed by atoms with Gasteiger partial charge in [-0.05, 0) is 75.2 Å². The third-order valence-electron chi connectivity index (χ3n) is 5.73. The van der Waals surface area contributed by atoms with Gasteiger partial charge in [0.2, 0.25) is 0 Å². The molecule has 1 N–H and O–H groups in total.